The Morgan fingerprint density at radius 1 is 1.44 bits per heavy atom. The van der Waals surface area contributed by atoms with Crippen LogP contribution >= 0.6 is 0 Å². The maximum atomic E-state index is 5.93. The van der Waals surface area contributed by atoms with Crippen LogP contribution in [0.15, 0.2) is 11.8 Å². The zero-order valence-electron chi connectivity index (χ0n) is 10.8. The van der Waals surface area contributed by atoms with Gasteiger partial charge in [-0.25, -0.2) is 0 Å². The van der Waals surface area contributed by atoms with Crippen LogP contribution < -0.4 is 0 Å². The van der Waals surface area contributed by atoms with Gasteiger partial charge >= 0.3 is 0 Å². The van der Waals surface area contributed by atoms with Crippen molar-refractivity contribution >= 4 is 0 Å². The van der Waals surface area contributed by atoms with Crippen molar-refractivity contribution in [1.82, 2.24) is 4.90 Å². The Kier molecular flexibility index (Phi) is 3.55. The van der Waals surface area contributed by atoms with E-state index in [1.807, 2.05) is 13.8 Å². The third-order valence-electron chi connectivity index (χ3n) is 3.64. The largest absolute Gasteiger partial charge is 0.381 e. The molecule has 0 N–H and O–H groups in total. The van der Waals surface area contributed by atoms with E-state index in [0.717, 1.165) is 13.0 Å². The highest BCUT2D eigenvalue weighted by Crippen LogP contribution is 2.46. The fraction of sp³-hybridized carbons (Fsp3) is 0.846. The highest BCUT2D eigenvalue weighted by atomic mass is 16.7. The highest BCUT2D eigenvalue weighted by Gasteiger charge is 2.42. The van der Waals surface area contributed by atoms with Gasteiger partial charge in [0.05, 0.1) is 6.10 Å². The molecule has 1 fully saturated rings. The lowest BCUT2D eigenvalue weighted by Crippen LogP contribution is -2.28. The van der Waals surface area contributed by atoms with Crippen LogP contribution in [-0.4, -0.2) is 38.0 Å². The van der Waals surface area contributed by atoms with E-state index < -0.39 is 0 Å². The predicted molar refractivity (Wildman–Crippen MR) is 63.9 cm³/mol. The zero-order valence-corrected chi connectivity index (χ0v) is 10.8. The predicted octanol–water partition coefficient (Wildman–Crippen LogP) is 2.24. The number of hydrogen-bond donors (Lipinski definition) is 0. The third kappa shape index (κ3) is 2.25. The molecule has 92 valence electrons. The minimum absolute atomic E-state index is 0.0643. The van der Waals surface area contributed by atoms with Crippen LogP contribution in [0.4, 0.5) is 0 Å². The van der Waals surface area contributed by atoms with Crippen molar-refractivity contribution in [3.05, 3.63) is 11.8 Å². The summed E-state index contributed by atoms with van der Waals surface area (Å²) >= 11 is 0. The molecule has 0 heterocycles. The molecule has 2 rings (SSSR count). The molecule has 0 spiro atoms. The molecule has 3 nitrogen and oxygen atoms in total. The van der Waals surface area contributed by atoms with E-state index in [2.05, 4.69) is 25.1 Å². The molecule has 0 aromatic heterocycles. The average Bonchev–Trinajstić information content (AvgIpc) is 2.76. The van der Waals surface area contributed by atoms with Gasteiger partial charge in [-0.05, 0) is 26.7 Å². The maximum Gasteiger partial charge on any atom is 0.155 e. The van der Waals surface area contributed by atoms with Gasteiger partial charge in [-0.15, -0.1) is 0 Å². The second-order valence-corrected chi connectivity index (χ2v) is 5.02. The summed E-state index contributed by atoms with van der Waals surface area (Å²) in [6, 6.07) is 0. The monoisotopic (exact) mass is 225 g/mol. The van der Waals surface area contributed by atoms with Crippen LogP contribution in [0.3, 0.4) is 0 Å². The Hall–Kier alpha value is -0.540. The van der Waals surface area contributed by atoms with Crippen LogP contribution in [0.2, 0.25) is 0 Å². The summed E-state index contributed by atoms with van der Waals surface area (Å²) in [5, 5.41) is 0. The van der Waals surface area contributed by atoms with Crippen molar-refractivity contribution in [2.45, 2.75) is 39.1 Å². The Labute approximate surface area is 98.4 Å². The number of nitrogens with zero attached hydrogens (tertiary/aromatic N) is 1. The summed E-state index contributed by atoms with van der Waals surface area (Å²) in [7, 11) is 4.26. The van der Waals surface area contributed by atoms with Gasteiger partial charge in [0.1, 0.15) is 0 Å². The van der Waals surface area contributed by atoms with Crippen molar-refractivity contribution in [1.29, 1.82) is 0 Å². The first-order chi connectivity index (χ1) is 7.61. The zero-order chi connectivity index (χ0) is 11.7. The molecule has 4 atom stereocenters. The summed E-state index contributed by atoms with van der Waals surface area (Å²) in [6.07, 6.45) is 5.11. The van der Waals surface area contributed by atoms with Crippen LogP contribution in [0.25, 0.3) is 0 Å². The van der Waals surface area contributed by atoms with Crippen molar-refractivity contribution in [2.24, 2.45) is 11.8 Å². The molecular weight excluding hydrogens is 202 g/mol. The van der Waals surface area contributed by atoms with Gasteiger partial charge in [0.15, 0.2) is 6.29 Å². The summed E-state index contributed by atoms with van der Waals surface area (Å²) in [5.74, 6) is 1.31. The van der Waals surface area contributed by atoms with E-state index in [1.165, 1.54) is 12.1 Å². The van der Waals surface area contributed by atoms with Crippen LogP contribution in [0, 0.1) is 11.8 Å². The number of hydrogen-bond acceptors (Lipinski definition) is 3. The molecule has 0 aromatic carbocycles. The van der Waals surface area contributed by atoms with Crippen molar-refractivity contribution in [2.75, 3.05) is 20.7 Å². The van der Waals surface area contributed by atoms with Gasteiger partial charge in [0.2, 0.25) is 0 Å². The van der Waals surface area contributed by atoms with Gasteiger partial charge in [-0.2, -0.15) is 0 Å². The lowest BCUT2D eigenvalue weighted by atomic mass is 10.0. The van der Waals surface area contributed by atoms with Crippen molar-refractivity contribution in [3.63, 3.8) is 0 Å². The molecule has 2 aliphatic rings. The SMILES string of the molecule is CCO[C@H](C)O[C@H]1C[C@H]2C[C@H]1C=C2N(C)C. The molecule has 16 heavy (non-hydrogen) atoms. The topological polar surface area (TPSA) is 21.7 Å². The Bertz CT molecular complexity index is 275. The smallest absolute Gasteiger partial charge is 0.155 e. The van der Waals surface area contributed by atoms with E-state index in [0.29, 0.717) is 17.9 Å². The fourth-order valence-corrected chi connectivity index (χ4v) is 2.99. The molecule has 1 saturated carbocycles. The average molecular weight is 225 g/mol. The Balaban J connectivity index is 1.89. The van der Waals surface area contributed by atoms with Crippen molar-refractivity contribution < 1.29 is 9.47 Å². The number of allylic oxidation sites excluding steroid dienone is 1. The molecule has 3 heteroatoms. The van der Waals surface area contributed by atoms with E-state index in [9.17, 15) is 0 Å². The number of rotatable bonds is 5. The summed E-state index contributed by atoms with van der Waals surface area (Å²) in [6.45, 7) is 4.72. The summed E-state index contributed by atoms with van der Waals surface area (Å²) < 4.78 is 11.4. The second-order valence-electron chi connectivity index (χ2n) is 5.02. The number of ether oxygens (including phenoxy) is 2. The molecule has 0 amide bonds. The Morgan fingerprint density at radius 3 is 2.69 bits per heavy atom. The molecule has 0 aliphatic heterocycles. The van der Waals surface area contributed by atoms with Gasteiger partial charge in [-0.1, -0.05) is 6.08 Å². The summed E-state index contributed by atoms with van der Waals surface area (Å²) in [5.41, 5.74) is 1.49. The Morgan fingerprint density at radius 2 is 2.19 bits per heavy atom. The van der Waals surface area contributed by atoms with Crippen LogP contribution in [0.1, 0.15) is 26.7 Å². The standard InChI is InChI=1S/C13H23NO2/c1-5-15-9(2)16-13-8-10-6-11(13)7-12(10)14(3)4/h7,9-11,13H,5-6,8H2,1-4H3/t9-,10+,11-,13-/m0/s1. The lowest BCUT2D eigenvalue weighted by Gasteiger charge is -2.27. The molecule has 0 unspecified atom stereocenters. The third-order valence-corrected chi connectivity index (χ3v) is 3.64. The first-order valence-electron chi connectivity index (χ1n) is 6.28. The van der Waals surface area contributed by atoms with Crippen molar-refractivity contribution in [3.8, 4) is 0 Å². The molecule has 2 bridgehead atoms. The van der Waals surface area contributed by atoms with E-state index in [1.54, 1.807) is 0 Å². The molecule has 0 saturated heterocycles. The van der Waals surface area contributed by atoms with E-state index in [4.69, 9.17) is 9.47 Å². The minimum atomic E-state index is -0.0643. The second kappa shape index (κ2) is 4.76. The van der Waals surface area contributed by atoms with E-state index >= 15 is 0 Å². The fourth-order valence-electron chi connectivity index (χ4n) is 2.99. The minimum Gasteiger partial charge on any atom is -0.381 e. The van der Waals surface area contributed by atoms with Gasteiger partial charge in [0, 0.05) is 38.2 Å². The van der Waals surface area contributed by atoms with Crippen LogP contribution in [-0.2, 0) is 9.47 Å². The van der Waals surface area contributed by atoms with Gasteiger partial charge in [0.25, 0.3) is 0 Å². The first kappa shape index (κ1) is 11.9. The lowest BCUT2D eigenvalue weighted by molar-refractivity contribution is -0.162. The van der Waals surface area contributed by atoms with Gasteiger partial charge < -0.3 is 14.4 Å². The highest BCUT2D eigenvalue weighted by molar-refractivity contribution is 5.20. The van der Waals surface area contributed by atoms with E-state index in [-0.39, 0.29) is 6.29 Å². The number of fused-ring (bicyclic) bond motifs is 2. The molecular formula is C13H23NO2. The molecule has 0 radical (unpaired) electrons. The molecule has 0 aromatic rings. The maximum absolute atomic E-state index is 5.93. The normalized spacial score (nSPS) is 34.0. The first-order valence-corrected chi connectivity index (χ1v) is 6.28. The van der Waals surface area contributed by atoms with Gasteiger partial charge in [-0.3, -0.25) is 0 Å². The molecule has 2 aliphatic carbocycles. The van der Waals surface area contributed by atoms with Crippen LogP contribution in [0.5, 0.6) is 0 Å². The summed E-state index contributed by atoms with van der Waals surface area (Å²) in [4.78, 5) is 2.24. The quantitative estimate of drug-likeness (QED) is 0.670.